The van der Waals surface area contributed by atoms with Crippen LogP contribution in [0.25, 0.3) is 33.3 Å². The number of carbonyl (C=O) groups excluding carboxylic acids is 5. The third-order valence-corrected chi connectivity index (χ3v) is 12.7. The first-order valence-corrected chi connectivity index (χ1v) is 23.4. The lowest BCUT2D eigenvalue weighted by Gasteiger charge is -2.33. The molecule has 2 aliphatic heterocycles. The van der Waals surface area contributed by atoms with Gasteiger partial charge in [-0.25, -0.2) is 14.2 Å². The molecule has 68 heavy (non-hydrogen) atoms. The van der Waals surface area contributed by atoms with E-state index in [0.29, 0.717) is 56.7 Å². The van der Waals surface area contributed by atoms with Crippen molar-refractivity contribution in [3.05, 3.63) is 89.8 Å². The molecule has 4 atom stereocenters. The fourth-order valence-corrected chi connectivity index (χ4v) is 9.33. The minimum absolute atomic E-state index is 0.0283. The quantitative estimate of drug-likeness (QED) is 0.0737. The van der Waals surface area contributed by atoms with Crippen LogP contribution in [0, 0.1) is 28.9 Å². The van der Waals surface area contributed by atoms with Gasteiger partial charge < -0.3 is 29.1 Å². The highest BCUT2D eigenvalue weighted by molar-refractivity contribution is 5.95. The Labute approximate surface area is 399 Å². The number of hydrogen-bond acceptors (Lipinski definition) is 10. The van der Waals surface area contributed by atoms with E-state index in [-0.39, 0.29) is 48.3 Å². The van der Waals surface area contributed by atoms with Gasteiger partial charge in [0.25, 0.3) is 12.4 Å². The number of pyridine rings is 1. The van der Waals surface area contributed by atoms with Gasteiger partial charge in [0, 0.05) is 80.3 Å². The number of nitrogens with one attached hydrogen (secondary N) is 2. The zero-order valence-corrected chi connectivity index (χ0v) is 41.1. The Morgan fingerprint density at radius 3 is 2.41 bits per heavy atom. The van der Waals surface area contributed by atoms with Gasteiger partial charge in [0.2, 0.25) is 11.8 Å². The fourth-order valence-electron chi connectivity index (χ4n) is 9.33. The molecule has 2 aromatic carbocycles. The van der Waals surface area contributed by atoms with Crippen molar-refractivity contribution in [2.24, 2.45) is 17.3 Å². The molecule has 2 aromatic heterocycles. The van der Waals surface area contributed by atoms with Gasteiger partial charge >= 0.3 is 0 Å². The van der Waals surface area contributed by atoms with E-state index < -0.39 is 35.0 Å². The number of methoxy groups -OCH3 is 1. The zero-order chi connectivity index (χ0) is 49.9. The zero-order valence-electron chi connectivity index (χ0n) is 41.1. The molecule has 368 valence electrons. The monoisotopic (exact) mass is 942 g/mol. The number of amides is 3. The van der Waals surface area contributed by atoms with Crippen LogP contribution in [0.4, 0.5) is 8.78 Å². The lowest BCUT2D eigenvalue weighted by atomic mass is 9.84. The van der Waals surface area contributed by atoms with Crippen molar-refractivity contribution in [1.82, 2.24) is 35.1 Å². The Balaban J connectivity index is 0.000000689. The van der Waals surface area contributed by atoms with Crippen LogP contribution in [0.5, 0.6) is 0 Å². The molecule has 4 heterocycles. The molecule has 0 saturated carbocycles. The Morgan fingerprint density at radius 1 is 1.06 bits per heavy atom. The topological polar surface area (TPSA) is 155 Å². The predicted octanol–water partition coefficient (Wildman–Crippen LogP) is 7.08. The van der Waals surface area contributed by atoms with Crippen LogP contribution in [-0.2, 0) is 52.8 Å². The number of likely N-dealkylation sites (N-methyl/N-ethyl adjacent to an activating group) is 1. The first kappa shape index (κ1) is 53.1. The molecule has 14 nitrogen and oxygen atoms in total. The average Bonchev–Trinajstić information content (AvgIpc) is 3.93. The summed E-state index contributed by atoms with van der Waals surface area (Å²) in [7, 11) is 5.23. The minimum Gasteiger partial charge on any atom is -0.467 e. The summed E-state index contributed by atoms with van der Waals surface area (Å²) in [5, 5.41) is 5.27. The van der Waals surface area contributed by atoms with Crippen LogP contribution >= 0.6 is 0 Å². The summed E-state index contributed by atoms with van der Waals surface area (Å²) in [5.74, 6) is -3.01. The van der Waals surface area contributed by atoms with Gasteiger partial charge in [-0.05, 0) is 124 Å². The van der Waals surface area contributed by atoms with Gasteiger partial charge in [0.05, 0.1) is 30.1 Å². The Morgan fingerprint density at radius 2 is 1.81 bits per heavy atom. The summed E-state index contributed by atoms with van der Waals surface area (Å²) >= 11 is 0. The number of likely N-dealkylation sites (tertiary alicyclic amines) is 1. The summed E-state index contributed by atoms with van der Waals surface area (Å²) < 4.78 is 44.8. The number of aryl methyl sites for hydroxylation is 1. The molecule has 4 aromatic rings. The van der Waals surface area contributed by atoms with Gasteiger partial charge in [0.15, 0.2) is 11.6 Å². The van der Waals surface area contributed by atoms with Crippen LogP contribution < -0.4 is 10.7 Å². The lowest BCUT2D eigenvalue weighted by Crippen LogP contribution is -2.58. The molecular formula is C52H69F2N7O7. The first-order chi connectivity index (χ1) is 32.4. The van der Waals surface area contributed by atoms with Crippen molar-refractivity contribution in [1.29, 1.82) is 0 Å². The average molecular weight is 942 g/mol. The maximum atomic E-state index is 15.8. The van der Waals surface area contributed by atoms with E-state index in [1.165, 1.54) is 17.2 Å². The molecule has 2 fully saturated rings. The summed E-state index contributed by atoms with van der Waals surface area (Å²) in [6.07, 6.45) is 6.37. The lowest BCUT2D eigenvalue weighted by molar-refractivity contribution is -0.141. The highest BCUT2D eigenvalue weighted by Crippen LogP contribution is 2.42. The number of hydrogen-bond donors (Lipinski definition) is 2. The molecule has 0 aliphatic carbocycles. The van der Waals surface area contributed by atoms with Crippen LogP contribution in [0.2, 0.25) is 0 Å². The van der Waals surface area contributed by atoms with Gasteiger partial charge in [-0.1, -0.05) is 40.3 Å². The van der Waals surface area contributed by atoms with E-state index in [9.17, 15) is 24.0 Å². The number of nitrogens with zero attached hydrogens (tertiary/aromatic N) is 5. The number of carbonyl (C=O) groups is 5. The molecule has 2 saturated heterocycles. The van der Waals surface area contributed by atoms with E-state index in [4.69, 9.17) is 14.5 Å². The SMILES string of the molecule is C=CC(=O)N1CCC(C=O)C1.CCn1c(-c2cccnc2C(C)OC)c(CC(C)(C)COC=O)c2cc(-c3cc(F)c(F)c(CC(NC(=O)C(C(C)C)N(C)C)C(=O)N4CCCCN4)c3)ccc21. The maximum Gasteiger partial charge on any atom is 0.293 e. The van der Waals surface area contributed by atoms with Crippen LogP contribution in [0.3, 0.4) is 0 Å². The van der Waals surface area contributed by atoms with Gasteiger partial charge in [-0.2, -0.15) is 0 Å². The van der Waals surface area contributed by atoms with E-state index in [1.54, 1.807) is 43.3 Å². The molecule has 0 spiro atoms. The van der Waals surface area contributed by atoms with Crippen molar-refractivity contribution in [2.75, 3.05) is 54.0 Å². The summed E-state index contributed by atoms with van der Waals surface area (Å²) in [6, 6.07) is 10.8. The van der Waals surface area contributed by atoms with Crippen LogP contribution in [-0.4, -0.2) is 121 Å². The third kappa shape index (κ3) is 12.6. The second-order valence-electron chi connectivity index (χ2n) is 19.0. The Hall–Kier alpha value is -5.84. The molecular weight excluding hydrogens is 873 g/mol. The van der Waals surface area contributed by atoms with Gasteiger partial charge in [-0.15, -0.1) is 0 Å². The normalized spacial score (nSPS) is 16.5. The van der Waals surface area contributed by atoms with Crippen molar-refractivity contribution >= 4 is 41.4 Å². The van der Waals surface area contributed by atoms with Crippen LogP contribution in [0.1, 0.15) is 83.7 Å². The highest BCUT2D eigenvalue weighted by Gasteiger charge is 2.34. The summed E-state index contributed by atoms with van der Waals surface area (Å²) in [4.78, 5) is 68.3. The Kier molecular flexibility index (Phi) is 18.7. The minimum atomic E-state index is -1.15. The molecule has 0 bridgehead atoms. The van der Waals surface area contributed by atoms with E-state index in [2.05, 4.69) is 28.8 Å². The summed E-state index contributed by atoms with van der Waals surface area (Å²) in [6.45, 7) is 18.8. The maximum absolute atomic E-state index is 15.8. The second-order valence-corrected chi connectivity index (χ2v) is 19.0. The van der Waals surface area contributed by atoms with Crippen LogP contribution in [0.15, 0.2) is 61.3 Å². The molecule has 2 N–H and O–H groups in total. The number of halogens is 2. The Bertz CT molecular complexity index is 2420. The van der Waals surface area contributed by atoms with Gasteiger partial charge in [-0.3, -0.25) is 34.1 Å². The number of hydrazine groups is 1. The number of rotatable bonds is 19. The number of ether oxygens (including phenoxy) is 2. The highest BCUT2D eigenvalue weighted by atomic mass is 19.2. The molecule has 6 rings (SSSR count). The van der Waals surface area contributed by atoms with E-state index >= 15 is 8.78 Å². The smallest absolute Gasteiger partial charge is 0.293 e. The van der Waals surface area contributed by atoms with Crippen molar-refractivity contribution in [3.8, 4) is 22.4 Å². The van der Waals surface area contributed by atoms with Crippen molar-refractivity contribution in [3.63, 3.8) is 0 Å². The molecule has 16 heteroatoms. The molecule has 0 radical (unpaired) electrons. The number of benzene rings is 2. The largest absolute Gasteiger partial charge is 0.467 e. The first-order valence-electron chi connectivity index (χ1n) is 23.4. The number of fused-ring (bicyclic) bond motifs is 1. The summed E-state index contributed by atoms with van der Waals surface area (Å²) in [5.41, 5.74) is 8.19. The molecule has 2 aliphatic rings. The van der Waals surface area contributed by atoms with Gasteiger partial charge in [0.1, 0.15) is 12.3 Å². The fraction of sp³-hybridized carbons (Fsp3) is 0.500. The number of aldehydes is 1. The van der Waals surface area contributed by atoms with E-state index in [0.717, 1.165) is 59.0 Å². The third-order valence-electron chi connectivity index (χ3n) is 12.7. The second kappa shape index (κ2) is 23.9. The molecule has 4 unspecified atom stereocenters. The van der Waals surface area contributed by atoms with Crippen molar-refractivity contribution in [2.45, 2.75) is 98.4 Å². The van der Waals surface area contributed by atoms with E-state index in [1.807, 2.05) is 65.0 Å². The standard InChI is InChI=1S/C44H58F2N6O5.C8H11NO2/c1-10-51-37-16-15-29(21-33(37)34(24-44(5,6)25-57-26-53)41(51)32-14-13-17-47-39(32)28(4)56-9)30-20-31(38(46)35(45)22-30)23-36(43(55)52-19-12-11-18-48-52)49-42(54)40(27(2)3)50(7)8;1-2-8(11)9-4-3-7(5-9)6-10/h13-17,20-22,26-28,36,40,48H,10-12,18-19,23-25H2,1-9H3,(H,49,54);2,6-7H,1,3-5H2. The molecule has 3 amide bonds. The van der Waals surface area contributed by atoms with Crippen molar-refractivity contribution < 1.29 is 42.2 Å². The predicted molar refractivity (Wildman–Crippen MR) is 259 cm³/mol. The number of aromatic nitrogens is 2.